The van der Waals surface area contributed by atoms with Crippen LogP contribution < -0.4 is 15.4 Å². The van der Waals surface area contributed by atoms with Crippen LogP contribution in [0.5, 0.6) is 5.75 Å². The van der Waals surface area contributed by atoms with Crippen molar-refractivity contribution in [1.82, 2.24) is 9.55 Å². The van der Waals surface area contributed by atoms with Crippen molar-refractivity contribution in [2.24, 2.45) is 5.14 Å². The van der Waals surface area contributed by atoms with E-state index >= 15 is 0 Å². The van der Waals surface area contributed by atoms with E-state index in [1.165, 1.54) is 24.3 Å². The van der Waals surface area contributed by atoms with Crippen LogP contribution in [0, 0.1) is 0 Å². The number of aromatic nitrogens is 2. The largest absolute Gasteiger partial charge is 0.490 e. The van der Waals surface area contributed by atoms with Crippen LogP contribution in [0.25, 0.3) is 10.9 Å². The quantitative estimate of drug-likeness (QED) is 0.384. The van der Waals surface area contributed by atoms with E-state index in [4.69, 9.17) is 14.6 Å². The Kier molecular flexibility index (Phi) is 6.24. The zero-order valence-electron chi connectivity index (χ0n) is 17.3. The lowest BCUT2D eigenvalue weighted by molar-refractivity contribution is -0.144. The number of primary sulfonamides is 1. The minimum atomic E-state index is -3.76. The maximum Gasteiger partial charge on any atom is 0.306 e. The zero-order valence-corrected chi connectivity index (χ0v) is 18.1. The average Bonchev–Trinajstić information content (AvgIpc) is 3.60. The molecule has 168 valence electrons. The Morgan fingerprint density at radius 2 is 1.81 bits per heavy atom. The summed E-state index contributed by atoms with van der Waals surface area (Å²) in [6, 6.07) is 13.0. The van der Waals surface area contributed by atoms with Crippen molar-refractivity contribution >= 4 is 26.9 Å². The highest BCUT2D eigenvalue weighted by atomic mass is 32.2. The Bertz CT molecular complexity index is 1300. The molecule has 1 aliphatic rings. The summed E-state index contributed by atoms with van der Waals surface area (Å²) in [6.07, 6.45) is 2.28. The molecule has 3 aromatic rings. The summed E-state index contributed by atoms with van der Waals surface area (Å²) in [5.74, 6) is 0.615. The number of rotatable bonds is 9. The van der Waals surface area contributed by atoms with Gasteiger partial charge in [-0.1, -0.05) is 12.1 Å². The van der Waals surface area contributed by atoms with E-state index in [9.17, 15) is 18.0 Å². The van der Waals surface area contributed by atoms with Gasteiger partial charge in [0.05, 0.1) is 22.2 Å². The number of sulfonamides is 1. The number of nitrogens with zero attached hydrogens (tertiary/aromatic N) is 2. The van der Waals surface area contributed by atoms with Gasteiger partial charge in [-0.05, 0) is 49.2 Å². The minimum Gasteiger partial charge on any atom is -0.490 e. The molecule has 0 radical (unpaired) electrons. The molecule has 0 atom stereocenters. The molecule has 0 spiro atoms. The molecule has 1 aromatic heterocycles. The van der Waals surface area contributed by atoms with Gasteiger partial charge >= 0.3 is 5.97 Å². The standard InChI is InChI=1S/C22H23N3O6S/c23-32(28,29)17-9-7-16(8-10-17)30-13-14-31-21(26)12-11-20-24-19-4-2-1-3-18(19)22(27)25(20)15-5-6-15/h1-4,7-10,15H,5-6,11-14H2,(H2,23,28,29). The van der Waals surface area contributed by atoms with Gasteiger partial charge in [-0.15, -0.1) is 0 Å². The van der Waals surface area contributed by atoms with Gasteiger partial charge in [-0.2, -0.15) is 0 Å². The van der Waals surface area contributed by atoms with Crippen LogP contribution in [0.2, 0.25) is 0 Å². The molecule has 0 aliphatic heterocycles. The first kappa shape index (κ1) is 22.0. The molecular weight excluding hydrogens is 434 g/mol. The Hall–Kier alpha value is -3.24. The molecule has 1 fully saturated rings. The minimum absolute atomic E-state index is 0.0109. The number of esters is 1. The number of fused-ring (bicyclic) bond motifs is 1. The second kappa shape index (κ2) is 9.09. The maximum absolute atomic E-state index is 12.8. The van der Waals surface area contributed by atoms with Crippen molar-refractivity contribution in [3.05, 3.63) is 64.7 Å². The molecule has 2 N–H and O–H groups in total. The maximum atomic E-state index is 12.8. The summed E-state index contributed by atoms with van der Waals surface area (Å²) in [4.78, 5) is 29.6. The summed E-state index contributed by atoms with van der Waals surface area (Å²) < 4.78 is 34.8. The molecule has 1 aliphatic carbocycles. The van der Waals surface area contributed by atoms with E-state index in [0.717, 1.165) is 12.8 Å². The number of hydrogen-bond acceptors (Lipinski definition) is 7. The first-order chi connectivity index (χ1) is 15.3. The molecule has 32 heavy (non-hydrogen) atoms. The fraction of sp³-hybridized carbons (Fsp3) is 0.318. The van der Waals surface area contributed by atoms with E-state index in [0.29, 0.717) is 28.9 Å². The fourth-order valence-corrected chi connectivity index (χ4v) is 3.92. The molecule has 4 rings (SSSR count). The molecule has 0 saturated heterocycles. The van der Waals surface area contributed by atoms with Crippen molar-refractivity contribution in [2.75, 3.05) is 13.2 Å². The number of nitrogens with two attached hydrogens (primary N) is 1. The summed E-state index contributed by atoms with van der Waals surface area (Å²) >= 11 is 0. The molecule has 0 unspecified atom stereocenters. The van der Waals surface area contributed by atoms with Crippen molar-refractivity contribution in [1.29, 1.82) is 0 Å². The normalized spacial score (nSPS) is 13.8. The van der Waals surface area contributed by atoms with Crippen LogP contribution in [0.4, 0.5) is 0 Å². The lowest BCUT2D eigenvalue weighted by atomic mass is 10.2. The van der Waals surface area contributed by atoms with E-state index in [1.54, 1.807) is 16.7 Å². The van der Waals surface area contributed by atoms with Crippen LogP contribution in [0.15, 0.2) is 58.2 Å². The number of hydrogen-bond donors (Lipinski definition) is 1. The molecule has 0 amide bonds. The summed E-state index contributed by atoms with van der Waals surface area (Å²) in [7, 11) is -3.76. The van der Waals surface area contributed by atoms with Gasteiger partial charge in [0, 0.05) is 12.5 Å². The van der Waals surface area contributed by atoms with E-state index in [-0.39, 0.29) is 36.1 Å². The number of ether oxygens (including phenoxy) is 2. The molecule has 2 aromatic carbocycles. The number of para-hydroxylation sites is 1. The third-order valence-corrected chi connectivity index (χ3v) is 6.04. The second-order valence-electron chi connectivity index (χ2n) is 7.54. The molecular formula is C22H23N3O6S. The van der Waals surface area contributed by atoms with E-state index < -0.39 is 16.0 Å². The third kappa shape index (κ3) is 5.14. The van der Waals surface area contributed by atoms with Gasteiger partial charge in [0.25, 0.3) is 5.56 Å². The van der Waals surface area contributed by atoms with Gasteiger partial charge in [-0.25, -0.2) is 18.5 Å². The van der Waals surface area contributed by atoms with Crippen LogP contribution in [0.3, 0.4) is 0 Å². The number of aryl methyl sites for hydroxylation is 1. The number of carbonyl (C=O) groups excluding carboxylic acids is 1. The Balaban J connectivity index is 1.30. The SMILES string of the molecule is NS(=O)(=O)c1ccc(OCCOC(=O)CCc2nc3ccccc3c(=O)n2C2CC2)cc1. The van der Waals surface area contributed by atoms with Crippen molar-refractivity contribution in [3.8, 4) is 5.75 Å². The molecule has 10 heteroatoms. The predicted octanol–water partition coefficient (Wildman–Crippen LogP) is 1.93. The summed E-state index contributed by atoms with van der Waals surface area (Å²) in [6.45, 7) is 0.151. The number of carbonyl (C=O) groups is 1. The first-order valence-corrected chi connectivity index (χ1v) is 11.8. The number of benzene rings is 2. The highest BCUT2D eigenvalue weighted by Gasteiger charge is 2.28. The van der Waals surface area contributed by atoms with E-state index in [1.807, 2.05) is 12.1 Å². The molecule has 1 saturated carbocycles. The highest BCUT2D eigenvalue weighted by Crippen LogP contribution is 2.34. The van der Waals surface area contributed by atoms with Crippen LogP contribution in [0.1, 0.15) is 31.1 Å². The lowest BCUT2D eigenvalue weighted by Crippen LogP contribution is -2.25. The van der Waals surface area contributed by atoms with Crippen molar-refractivity contribution < 1.29 is 22.7 Å². The topological polar surface area (TPSA) is 131 Å². The second-order valence-corrected chi connectivity index (χ2v) is 9.10. The average molecular weight is 458 g/mol. The van der Waals surface area contributed by atoms with E-state index in [2.05, 4.69) is 4.98 Å². The van der Waals surface area contributed by atoms with Gasteiger partial charge in [0.15, 0.2) is 0 Å². The Labute approximate surface area is 184 Å². The van der Waals surface area contributed by atoms with Gasteiger partial charge in [0.1, 0.15) is 24.8 Å². The molecule has 0 bridgehead atoms. The summed E-state index contributed by atoms with van der Waals surface area (Å²) in [5, 5.41) is 5.63. The third-order valence-electron chi connectivity index (χ3n) is 5.11. The zero-order chi connectivity index (χ0) is 22.7. The van der Waals surface area contributed by atoms with Crippen molar-refractivity contribution in [2.45, 2.75) is 36.6 Å². The first-order valence-electron chi connectivity index (χ1n) is 10.2. The van der Waals surface area contributed by atoms with Gasteiger partial charge in [0.2, 0.25) is 10.0 Å². The van der Waals surface area contributed by atoms with Gasteiger partial charge in [-0.3, -0.25) is 14.2 Å². The smallest absolute Gasteiger partial charge is 0.306 e. The van der Waals surface area contributed by atoms with Crippen LogP contribution in [-0.4, -0.2) is 37.2 Å². The van der Waals surface area contributed by atoms with Gasteiger partial charge < -0.3 is 9.47 Å². The fourth-order valence-electron chi connectivity index (χ4n) is 3.40. The lowest BCUT2D eigenvalue weighted by Gasteiger charge is -2.13. The Morgan fingerprint density at radius 3 is 2.50 bits per heavy atom. The monoisotopic (exact) mass is 457 g/mol. The molecule has 9 nitrogen and oxygen atoms in total. The van der Waals surface area contributed by atoms with Crippen molar-refractivity contribution in [3.63, 3.8) is 0 Å². The molecule has 1 heterocycles. The van der Waals surface area contributed by atoms with Crippen LogP contribution in [-0.2, 0) is 26.0 Å². The predicted molar refractivity (Wildman–Crippen MR) is 117 cm³/mol. The highest BCUT2D eigenvalue weighted by molar-refractivity contribution is 7.89. The summed E-state index contributed by atoms with van der Waals surface area (Å²) in [5.41, 5.74) is 0.558. The Morgan fingerprint density at radius 1 is 1.09 bits per heavy atom. The van der Waals surface area contributed by atoms with Crippen LogP contribution >= 0.6 is 0 Å².